The third kappa shape index (κ3) is 7.36. The van der Waals surface area contributed by atoms with Gasteiger partial charge in [0.15, 0.2) is 0 Å². The zero-order valence-electron chi connectivity index (χ0n) is 8.22. The van der Waals surface area contributed by atoms with Crippen LogP contribution in [0.5, 0.6) is 0 Å². The van der Waals surface area contributed by atoms with Crippen molar-refractivity contribution in [3.05, 3.63) is 35.9 Å². The summed E-state index contributed by atoms with van der Waals surface area (Å²) in [6.45, 7) is 2.23. The van der Waals surface area contributed by atoms with Gasteiger partial charge in [-0.15, -0.1) is 0 Å². The largest absolute Gasteiger partial charge is 2.00 e. The number of benzene rings is 1. The summed E-state index contributed by atoms with van der Waals surface area (Å²) in [5.74, 6) is 0. The Hall–Kier alpha value is 0.276. The maximum atomic E-state index is 3.09. The quantitative estimate of drug-likeness (QED) is 0.365. The van der Waals surface area contributed by atoms with Crippen molar-refractivity contribution >= 4 is 23.1 Å². The summed E-state index contributed by atoms with van der Waals surface area (Å²) in [5, 5.41) is 0. The number of unbranched alkanes of at least 4 members (excludes halogenated alkanes) is 2. The van der Waals surface area contributed by atoms with E-state index in [2.05, 4.69) is 31.2 Å². The van der Waals surface area contributed by atoms with Gasteiger partial charge in [0.2, 0.25) is 0 Å². The Labute approximate surface area is 104 Å². The molecule has 0 saturated heterocycles. The SMILES string of the molecule is CCCCCc1c[c-]ccc1.[Cl-].[Mg+2]. The van der Waals surface area contributed by atoms with Gasteiger partial charge in [0.05, 0.1) is 0 Å². The van der Waals surface area contributed by atoms with E-state index in [0.29, 0.717) is 0 Å². The van der Waals surface area contributed by atoms with Crippen LogP contribution in [0, 0.1) is 6.07 Å². The Kier molecular flexibility index (Phi) is 12.5. The summed E-state index contributed by atoms with van der Waals surface area (Å²) >= 11 is 0. The Morgan fingerprint density at radius 3 is 2.62 bits per heavy atom. The van der Waals surface area contributed by atoms with Gasteiger partial charge in [0.1, 0.15) is 0 Å². The maximum absolute atomic E-state index is 3.09. The van der Waals surface area contributed by atoms with Crippen molar-refractivity contribution in [2.45, 2.75) is 32.6 Å². The third-order valence-electron chi connectivity index (χ3n) is 1.84. The van der Waals surface area contributed by atoms with Crippen molar-refractivity contribution in [2.75, 3.05) is 0 Å². The van der Waals surface area contributed by atoms with E-state index in [1.54, 1.807) is 0 Å². The number of hydrogen-bond acceptors (Lipinski definition) is 0. The summed E-state index contributed by atoms with van der Waals surface area (Å²) < 4.78 is 0. The second-order valence-corrected chi connectivity index (χ2v) is 2.87. The van der Waals surface area contributed by atoms with Crippen LogP contribution in [-0.4, -0.2) is 23.1 Å². The molecular weight excluding hydrogens is 192 g/mol. The first-order valence-electron chi connectivity index (χ1n) is 4.38. The van der Waals surface area contributed by atoms with Crippen LogP contribution in [0.1, 0.15) is 31.7 Å². The summed E-state index contributed by atoms with van der Waals surface area (Å²) in [4.78, 5) is 0. The van der Waals surface area contributed by atoms with Crippen LogP contribution in [0.3, 0.4) is 0 Å². The van der Waals surface area contributed by atoms with Crippen LogP contribution in [-0.2, 0) is 6.42 Å². The molecule has 0 bridgehead atoms. The molecule has 1 rings (SSSR count). The van der Waals surface area contributed by atoms with Gasteiger partial charge < -0.3 is 12.4 Å². The van der Waals surface area contributed by atoms with Crippen LogP contribution >= 0.6 is 0 Å². The molecule has 0 N–H and O–H groups in total. The van der Waals surface area contributed by atoms with Crippen LogP contribution < -0.4 is 12.4 Å². The molecule has 0 aliphatic heterocycles. The fourth-order valence-electron chi connectivity index (χ4n) is 1.17. The zero-order valence-corrected chi connectivity index (χ0v) is 10.4. The normalized spacial score (nSPS) is 8.38. The van der Waals surface area contributed by atoms with Crippen molar-refractivity contribution in [1.29, 1.82) is 0 Å². The van der Waals surface area contributed by atoms with Crippen molar-refractivity contribution in [1.82, 2.24) is 0 Å². The number of rotatable bonds is 4. The van der Waals surface area contributed by atoms with Gasteiger partial charge >= 0.3 is 23.1 Å². The minimum Gasteiger partial charge on any atom is -1.00 e. The van der Waals surface area contributed by atoms with Gasteiger partial charge in [-0.25, -0.2) is 0 Å². The van der Waals surface area contributed by atoms with E-state index < -0.39 is 0 Å². The van der Waals surface area contributed by atoms with Gasteiger partial charge in [0, 0.05) is 0 Å². The van der Waals surface area contributed by atoms with E-state index in [1.165, 1.54) is 31.2 Å². The van der Waals surface area contributed by atoms with Crippen LogP contribution in [0.15, 0.2) is 24.3 Å². The number of halogens is 1. The average Bonchev–Trinajstić information content (AvgIpc) is 2.07. The van der Waals surface area contributed by atoms with Crippen molar-refractivity contribution in [2.24, 2.45) is 0 Å². The predicted molar refractivity (Wildman–Crippen MR) is 54.3 cm³/mol. The molecule has 0 fully saturated rings. The maximum Gasteiger partial charge on any atom is 2.00 e. The summed E-state index contributed by atoms with van der Waals surface area (Å²) in [7, 11) is 0. The second kappa shape index (κ2) is 10.4. The van der Waals surface area contributed by atoms with Gasteiger partial charge in [-0.3, -0.25) is 0 Å². The molecule has 0 aliphatic carbocycles. The van der Waals surface area contributed by atoms with Crippen molar-refractivity contribution in [3.8, 4) is 0 Å². The van der Waals surface area contributed by atoms with Crippen LogP contribution in [0.4, 0.5) is 0 Å². The molecule has 0 heterocycles. The molecule has 0 amide bonds. The van der Waals surface area contributed by atoms with Gasteiger partial charge in [0.25, 0.3) is 0 Å². The van der Waals surface area contributed by atoms with E-state index >= 15 is 0 Å². The smallest absolute Gasteiger partial charge is 1.00 e. The molecular formula is C11H15ClMg. The summed E-state index contributed by atoms with van der Waals surface area (Å²) in [6, 6.07) is 11.3. The molecule has 0 saturated carbocycles. The Morgan fingerprint density at radius 1 is 1.31 bits per heavy atom. The first-order chi connectivity index (χ1) is 5.43. The molecule has 0 radical (unpaired) electrons. The molecule has 0 atom stereocenters. The molecule has 0 aromatic heterocycles. The summed E-state index contributed by atoms with van der Waals surface area (Å²) in [5.41, 5.74) is 1.42. The zero-order chi connectivity index (χ0) is 7.94. The Morgan fingerprint density at radius 2 is 2.08 bits per heavy atom. The Balaban J connectivity index is 0. The van der Waals surface area contributed by atoms with Gasteiger partial charge in [-0.1, -0.05) is 32.6 Å². The standard InChI is InChI=1S/C11H15.ClH.Mg/c1-2-3-5-8-11-9-6-4-7-10-11;;/h4,6,9-10H,2-3,5,8H2,1H3;1H;/q-1;;+2/p-1. The van der Waals surface area contributed by atoms with E-state index in [1.807, 2.05) is 6.07 Å². The molecule has 1 aromatic carbocycles. The van der Waals surface area contributed by atoms with Crippen LogP contribution in [0.25, 0.3) is 0 Å². The third-order valence-corrected chi connectivity index (χ3v) is 1.84. The molecule has 2 heteroatoms. The van der Waals surface area contributed by atoms with E-state index in [4.69, 9.17) is 0 Å². The molecule has 0 aliphatic rings. The van der Waals surface area contributed by atoms with Crippen molar-refractivity contribution < 1.29 is 12.4 Å². The van der Waals surface area contributed by atoms with Gasteiger partial charge in [-0.05, 0) is 0 Å². The fourth-order valence-corrected chi connectivity index (χ4v) is 1.17. The first-order valence-corrected chi connectivity index (χ1v) is 4.38. The van der Waals surface area contributed by atoms with E-state index in [9.17, 15) is 0 Å². The molecule has 0 spiro atoms. The van der Waals surface area contributed by atoms with Crippen molar-refractivity contribution in [3.63, 3.8) is 0 Å². The van der Waals surface area contributed by atoms with Gasteiger partial charge in [-0.2, -0.15) is 35.9 Å². The molecule has 68 valence electrons. The minimum atomic E-state index is 0. The predicted octanol–water partition coefficient (Wildman–Crippen LogP) is -0.157. The molecule has 1 aromatic rings. The average molecular weight is 207 g/mol. The number of aryl methyl sites for hydroxylation is 1. The molecule has 0 unspecified atom stereocenters. The van der Waals surface area contributed by atoms with Crippen LogP contribution in [0.2, 0.25) is 0 Å². The topological polar surface area (TPSA) is 0 Å². The fraction of sp³-hybridized carbons (Fsp3) is 0.455. The molecule has 13 heavy (non-hydrogen) atoms. The first kappa shape index (κ1) is 15.7. The minimum absolute atomic E-state index is 0. The summed E-state index contributed by atoms with van der Waals surface area (Å²) in [6.07, 6.45) is 5.17. The van der Waals surface area contributed by atoms with E-state index in [0.717, 1.165) is 0 Å². The molecule has 0 nitrogen and oxygen atoms in total. The monoisotopic (exact) mass is 206 g/mol. The number of hydrogen-bond donors (Lipinski definition) is 0. The Bertz CT molecular complexity index is 187. The second-order valence-electron chi connectivity index (χ2n) is 2.87. The van der Waals surface area contributed by atoms with E-state index in [-0.39, 0.29) is 35.5 Å².